The lowest BCUT2D eigenvalue weighted by Gasteiger charge is -2.13. The number of rotatable bonds is 7. The van der Waals surface area contributed by atoms with Crippen molar-refractivity contribution in [2.75, 3.05) is 11.9 Å². The second kappa shape index (κ2) is 11.7. The number of anilines is 1. The fourth-order valence-corrected chi connectivity index (χ4v) is 5.20. The standard InChI is InChI=1S/C30H20ClF3N2O4S/c31-24-13-18(9-11-25(24)40-17-19-8-10-20-4-1-2-5-21(20)12-19)14-26-28(38)36(29(39)41-26)16-27(37)35-23-7-3-6-22(15-23)30(32,33)34/h1-15H,16-17H2,(H,35,37)/b26-14-. The van der Waals surface area contributed by atoms with Gasteiger partial charge in [0.2, 0.25) is 5.91 Å². The first-order valence-electron chi connectivity index (χ1n) is 12.2. The van der Waals surface area contributed by atoms with Crippen molar-refractivity contribution in [3.63, 3.8) is 0 Å². The van der Waals surface area contributed by atoms with Crippen LogP contribution in [0.2, 0.25) is 5.02 Å². The number of imide groups is 1. The first-order valence-corrected chi connectivity index (χ1v) is 13.4. The van der Waals surface area contributed by atoms with Crippen LogP contribution in [0.25, 0.3) is 16.8 Å². The highest BCUT2D eigenvalue weighted by molar-refractivity contribution is 8.18. The van der Waals surface area contributed by atoms with Gasteiger partial charge < -0.3 is 10.1 Å². The molecule has 0 unspecified atom stereocenters. The number of fused-ring (bicyclic) bond motifs is 1. The van der Waals surface area contributed by atoms with Gasteiger partial charge >= 0.3 is 6.18 Å². The Morgan fingerprint density at radius 3 is 2.49 bits per heavy atom. The van der Waals surface area contributed by atoms with Crippen LogP contribution >= 0.6 is 23.4 Å². The lowest BCUT2D eigenvalue weighted by atomic mass is 10.1. The van der Waals surface area contributed by atoms with Crippen molar-refractivity contribution in [2.24, 2.45) is 0 Å². The number of alkyl halides is 3. The van der Waals surface area contributed by atoms with Gasteiger partial charge in [-0.25, -0.2) is 0 Å². The molecule has 1 aliphatic heterocycles. The lowest BCUT2D eigenvalue weighted by molar-refractivity contribution is -0.137. The van der Waals surface area contributed by atoms with Gasteiger partial charge in [-0.3, -0.25) is 19.3 Å². The fourth-order valence-electron chi connectivity index (χ4n) is 4.12. The van der Waals surface area contributed by atoms with Crippen LogP contribution in [0.15, 0.2) is 89.8 Å². The molecule has 4 aromatic rings. The van der Waals surface area contributed by atoms with E-state index in [0.29, 0.717) is 34.7 Å². The third kappa shape index (κ3) is 6.72. The normalized spacial score (nSPS) is 14.6. The molecule has 1 aliphatic rings. The zero-order valence-electron chi connectivity index (χ0n) is 21.1. The number of benzene rings is 4. The molecule has 1 fully saturated rings. The summed E-state index contributed by atoms with van der Waals surface area (Å²) in [5.74, 6) is -1.08. The minimum absolute atomic E-state index is 0.0720. The van der Waals surface area contributed by atoms with Crippen LogP contribution in [0.3, 0.4) is 0 Å². The SMILES string of the molecule is O=C(CN1C(=O)S/C(=C\c2ccc(OCc3ccc4ccccc4c3)c(Cl)c2)C1=O)Nc1cccc(C(F)(F)F)c1. The number of carbonyl (C=O) groups is 3. The highest BCUT2D eigenvalue weighted by Gasteiger charge is 2.36. The summed E-state index contributed by atoms with van der Waals surface area (Å²) >= 11 is 7.05. The second-order valence-corrected chi connectivity index (χ2v) is 10.5. The average Bonchev–Trinajstić information content (AvgIpc) is 3.19. The van der Waals surface area contributed by atoms with E-state index in [1.807, 2.05) is 42.5 Å². The van der Waals surface area contributed by atoms with Gasteiger partial charge in [-0.1, -0.05) is 60.1 Å². The van der Waals surface area contributed by atoms with Crippen LogP contribution in [0, 0.1) is 0 Å². The third-order valence-electron chi connectivity index (χ3n) is 6.11. The minimum atomic E-state index is -4.58. The van der Waals surface area contributed by atoms with Gasteiger partial charge in [0.1, 0.15) is 18.9 Å². The van der Waals surface area contributed by atoms with E-state index in [2.05, 4.69) is 5.32 Å². The van der Waals surface area contributed by atoms with Crippen molar-refractivity contribution in [3.8, 4) is 5.75 Å². The average molecular weight is 597 g/mol. The number of ether oxygens (including phenoxy) is 1. The summed E-state index contributed by atoms with van der Waals surface area (Å²) in [6.45, 7) is -0.355. The number of thioether (sulfide) groups is 1. The maximum atomic E-state index is 12.9. The van der Waals surface area contributed by atoms with E-state index in [0.717, 1.165) is 39.4 Å². The predicted octanol–water partition coefficient (Wildman–Crippen LogP) is 7.77. The van der Waals surface area contributed by atoms with E-state index in [4.69, 9.17) is 16.3 Å². The molecule has 0 spiro atoms. The minimum Gasteiger partial charge on any atom is -0.487 e. The Kier molecular flexibility index (Phi) is 8.05. The van der Waals surface area contributed by atoms with Crippen molar-refractivity contribution in [1.82, 2.24) is 4.90 Å². The van der Waals surface area contributed by atoms with E-state index in [1.54, 1.807) is 18.2 Å². The van der Waals surface area contributed by atoms with Gasteiger partial charge in [0.25, 0.3) is 11.1 Å². The highest BCUT2D eigenvalue weighted by atomic mass is 35.5. The number of amides is 3. The maximum Gasteiger partial charge on any atom is 0.416 e. The molecule has 0 bridgehead atoms. The Balaban J connectivity index is 1.21. The van der Waals surface area contributed by atoms with Crippen LogP contribution in [0.4, 0.5) is 23.7 Å². The van der Waals surface area contributed by atoms with Gasteiger partial charge in [0.05, 0.1) is 15.5 Å². The molecular formula is C30H20ClF3N2O4S. The van der Waals surface area contributed by atoms with Gasteiger partial charge in [0.15, 0.2) is 0 Å². The topological polar surface area (TPSA) is 75.7 Å². The molecule has 5 rings (SSSR count). The second-order valence-electron chi connectivity index (χ2n) is 9.05. The number of nitrogens with one attached hydrogen (secondary N) is 1. The summed E-state index contributed by atoms with van der Waals surface area (Å²) in [5.41, 5.74) is 0.458. The maximum absolute atomic E-state index is 12.9. The van der Waals surface area contributed by atoms with Gasteiger partial charge in [-0.15, -0.1) is 0 Å². The fraction of sp³-hybridized carbons (Fsp3) is 0.100. The zero-order chi connectivity index (χ0) is 29.1. The Hall–Kier alpha value is -4.28. The molecule has 3 amide bonds. The highest BCUT2D eigenvalue weighted by Crippen LogP contribution is 2.34. The lowest BCUT2D eigenvalue weighted by Crippen LogP contribution is -2.36. The molecular weight excluding hydrogens is 577 g/mol. The van der Waals surface area contributed by atoms with Gasteiger partial charge in [0, 0.05) is 5.69 Å². The van der Waals surface area contributed by atoms with Crippen LogP contribution in [0.1, 0.15) is 16.7 Å². The summed E-state index contributed by atoms with van der Waals surface area (Å²) in [7, 11) is 0. The van der Waals surface area contributed by atoms with E-state index in [-0.39, 0.29) is 10.6 Å². The van der Waals surface area contributed by atoms with Crippen LogP contribution in [-0.2, 0) is 22.4 Å². The molecule has 208 valence electrons. The molecule has 4 aromatic carbocycles. The number of nitrogens with zero attached hydrogens (tertiary/aromatic N) is 1. The molecule has 41 heavy (non-hydrogen) atoms. The van der Waals surface area contributed by atoms with E-state index < -0.39 is 35.3 Å². The number of halogens is 4. The molecule has 0 radical (unpaired) electrons. The van der Waals surface area contributed by atoms with Crippen LogP contribution in [-0.4, -0.2) is 28.5 Å². The Morgan fingerprint density at radius 2 is 1.73 bits per heavy atom. The van der Waals surface area contributed by atoms with E-state index in [1.165, 1.54) is 12.1 Å². The number of hydrogen-bond donors (Lipinski definition) is 1. The van der Waals surface area contributed by atoms with E-state index >= 15 is 0 Å². The van der Waals surface area contributed by atoms with Crippen molar-refractivity contribution < 1.29 is 32.3 Å². The molecule has 1 heterocycles. The zero-order valence-corrected chi connectivity index (χ0v) is 22.6. The quantitative estimate of drug-likeness (QED) is 0.221. The molecule has 1 saturated heterocycles. The smallest absolute Gasteiger partial charge is 0.416 e. The van der Waals surface area contributed by atoms with Crippen molar-refractivity contribution in [3.05, 3.63) is 112 Å². The molecule has 0 aliphatic carbocycles. The summed E-state index contributed by atoms with van der Waals surface area (Å²) in [6, 6.07) is 23.0. The summed E-state index contributed by atoms with van der Waals surface area (Å²) in [6.07, 6.45) is -3.11. The van der Waals surface area contributed by atoms with Gasteiger partial charge in [-0.2, -0.15) is 13.2 Å². The molecule has 11 heteroatoms. The Bertz CT molecular complexity index is 1710. The molecule has 0 atom stereocenters. The molecule has 1 N–H and O–H groups in total. The van der Waals surface area contributed by atoms with Crippen molar-refractivity contribution in [2.45, 2.75) is 12.8 Å². The molecule has 0 aromatic heterocycles. The van der Waals surface area contributed by atoms with Crippen molar-refractivity contribution in [1.29, 1.82) is 0 Å². The third-order valence-corrected chi connectivity index (χ3v) is 7.31. The summed E-state index contributed by atoms with van der Waals surface area (Å²) in [4.78, 5) is 38.5. The van der Waals surface area contributed by atoms with Gasteiger partial charge in [-0.05, 0) is 76.1 Å². The Morgan fingerprint density at radius 1 is 0.951 bits per heavy atom. The number of carbonyl (C=O) groups excluding carboxylic acids is 3. The van der Waals surface area contributed by atoms with Crippen LogP contribution in [0.5, 0.6) is 5.75 Å². The molecule has 0 saturated carbocycles. The molecule has 6 nitrogen and oxygen atoms in total. The largest absolute Gasteiger partial charge is 0.487 e. The Labute approximate surface area is 241 Å². The number of hydrogen-bond acceptors (Lipinski definition) is 5. The summed E-state index contributed by atoms with van der Waals surface area (Å²) < 4.78 is 44.7. The summed E-state index contributed by atoms with van der Waals surface area (Å²) in [5, 5.41) is 4.13. The van der Waals surface area contributed by atoms with Crippen LogP contribution < -0.4 is 10.1 Å². The van der Waals surface area contributed by atoms with E-state index in [9.17, 15) is 27.6 Å². The first-order chi connectivity index (χ1) is 19.6. The van der Waals surface area contributed by atoms with Crippen molar-refractivity contribution >= 4 is 63.0 Å². The predicted molar refractivity (Wildman–Crippen MR) is 152 cm³/mol. The first kappa shape index (κ1) is 28.3. The monoisotopic (exact) mass is 596 g/mol.